The zero-order valence-electron chi connectivity index (χ0n) is 18.0. The number of urea groups is 1. The van der Waals surface area contributed by atoms with Crippen LogP contribution in [-0.4, -0.2) is 95.3 Å². The molecule has 2 unspecified atom stereocenters. The van der Waals surface area contributed by atoms with Gasteiger partial charge in [-0.3, -0.25) is 9.80 Å². The fraction of sp³-hybridized carbons (Fsp3) is 0.696. The molecule has 2 N–H and O–H groups in total. The summed E-state index contributed by atoms with van der Waals surface area (Å²) >= 11 is 2.05. The van der Waals surface area contributed by atoms with Gasteiger partial charge in [0, 0.05) is 57.6 Å². The highest BCUT2D eigenvalue weighted by atomic mass is 32.2. The van der Waals surface area contributed by atoms with E-state index in [1.807, 2.05) is 16.7 Å². The van der Waals surface area contributed by atoms with Crippen LogP contribution in [0.3, 0.4) is 0 Å². The van der Waals surface area contributed by atoms with E-state index in [2.05, 4.69) is 39.4 Å². The number of piperidine rings is 1. The summed E-state index contributed by atoms with van der Waals surface area (Å²) < 4.78 is 0. The number of likely N-dealkylation sites (tertiary alicyclic amines) is 1. The fourth-order valence-electron chi connectivity index (χ4n) is 4.96. The van der Waals surface area contributed by atoms with E-state index >= 15 is 0 Å². The van der Waals surface area contributed by atoms with Crippen molar-refractivity contribution >= 4 is 17.8 Å². The minimum Gasteiger partial charge on any atom is -0.390 e. The maximum atomic E-state index is 12.7. The third kappa shape index (κ3) is 5.90. The van der Waals surface area contributed by atoms with Crippen molar-refractivity contribution in [2.24, 2.45) is 0 Å². The second-order valence-corrected chi connectivity index (χ2v) is 10.1. The molecule has 0 radical (unpaired) electrons. The Morgan fingerprint density at radius 3 is 2.90 bits per heavy atom. The Bertz CT molecular complexity index is 696. The number of fused-ring (bicyclic) bond motifs is 1. The summed E-state index contributed by atoms with van der Waals surface area (Å²) in [5, 5.41) is 13.5. The van der Waals surface area contributed by atoms with Crippen LogP contribution in [0.1, 0.15) is 30.4 Å². The number of aliphatic hydroxyl groups is 1. The maximum Gasteiger partial charge on any atom is 0.317 e. The number of nitrogens with zero attached hydrogens (tertiary/aromatic N) is 3. The highest BCUT2D eigenvalue weighted by Gasteiger charge is 2.28. The van der Waals surface area contributed by atoms with Crippen molar-refractivity contribution in [3.8, 4) is 0 Å². The van der Waals surface area contributed by atoms with Crippen LogP contribution in [-0.2, 0) is 13.0 Å². The fourth-order valence-corrected chi connectivity index (χ4v) is 5.86. The molecule has 7 heteroatoms. The topological polar surface area (TPSA) is 59.1 Å². The summed E-state index contributed by atoms with van der Waals surface area (Å²) in [6.45, 7) is 6.70. The van der Waals surface area contributed by atoms with Gasteiger partial charge in [0.15, 0.2) is 0 Å². The van der Waals surface area contributed by atoms with Crippen molar-refractivity contribution in [2.75, 3.05) is 57.3 Å². The van der Waals surface area contributed by atoms with Gasteiger partial charge >= 0.3 is 6.03 Å². The van der Waals surface area contributed by atoms with Crippen LogP contribution >= 0.6 is 11.8 Å². The van der Waals surface area contributed by atoms with Gasteiger partial charge in [-0.05, 0) is 49.1 Å². The van der Waals surface area contributed by atoms with E-state index in [0.29, 0.717) is 19.1 Å². The summed E-state index contributed by atoms with van der Waals surface area (Å²) in [6, 6.07) is 9.00. The molecule has 1 aromatic carbocycles. The Kier molecular flexibility index (Phi) is 7.93. The monoisotopic (exact) mass is 432 g/mol. The van der Waals surface area contributed by atoms with Gasteiger partial charge in [-0.15, -0.1) is 0 Å². The van der Waals surface area contributed by atoms with Crippen molar-refractivity contribution < 1.29 is 9.90 Å². The normalized spacial score (nSPS) is 24.7. The van der Waals surface area contributed by atoms with Crippen molar-refractivity contribution in [1.82, 2.24) is 20.0 Å². The smallest absolute Gasteiger partial charge is 0.317 e. The first-order valence-corrected chi connectivity index (χ1v) is 12.7. The zero-order chi connectivity index (χ0) is 20.8. The van der Waals surface area contributed by atoms with Crippen molar-refractivity contribution in [2.45, 2.75) is 44.4 Å². The summed E-state index contributed by atoms with van der Waals surface area (Å²) in [5.74, 6) is 2.46. The van der Waals surface area contributed by atoms with E-state index in [1.54, 1.807) is 0 Å². The molecule has 3 aliphatic rings. The van der Waals surface area contributed by atoms with E-state index < -0.39 is 6.10 Å². The van der Waals surface area contributed by atoms with Crippen LogP contribution in [0.2, 0.25) is 0 Å². The summed E-state index contributed by atoms with van der Waals surface area (Å²) in [6.07, 6.45) is 3.99. The molecule has 2 atom stereocenters. The number of carbonyl (C=O) groups excluding carboxylic acids is 1. The van der Waals surface area contributed by atoms with Gasteiger partial charge in [0.05, 0.1) is 6.10 Å². The van der Waals surface area contributed by atoms with Gasteiger partial charge < -0.3 is 15.3 Å². The highest BCUT2D eigenvalue weighted by molar-refractivity contribution is 7.99. The van der Waals surface area contributed by atoms with Crippen LogP contribution in [0.5, 0.6) is 0 Å². The van der Waals surface area contributed by atoms with Gasteiger partial charge in [0.1, 0.15) is 0 Å². The molecular weight excluding hydrogens is 396 g/mol. The molecule has 2 fully saturated rings. The third-order valence-electron chi connectivity index (χ3n) is 6.62. The molecule has 3 aliphatic heterocycles. The molecule has 4 rings (SSSR count). The largest absolute Gasteiger partial charge is 0.390 e. The van der Waals surface area contributed by atoms with E-state index in [0.717, 1.165) is 52.1 Å². The highest BCUT2D eigenvalue weighted by Crippen LogP contribution is 2.20. The number of aliphatic hydroxyl groups excluding tert-OH is 1. The second kappa shape index (κ2) is 10.8. The standard InChI is InChI=1S/C23H36N4O2S/c28-22(18-25-11-8-19-5-1-2-6-20(19)16-25)15-24-23(29)27-9-3-7-21(17-27)26-10-4-13-30-14-12-26/h1-2,5-6,21-22,28H,3-4,7-18H2,(H,24,29). The summed E-state index contributed by atoms with van der Waals surface area (Å²) in [5.41, 5.74) is 2.77. The number of thioether (sulfide) groups is 1. The molecule has 6 nitrogen and oxygen atoms in total. The molecule has 30 heavy (non-hydrogen) atoms. The number of nitrogens with one attached hydrogen (secondary N) is 1. The number of rotatable bonds is 5. The van der Waals surface area contributed by atoms with Gasteiger partial charge in [0.25, 0.3) is 0 Å². The lowest BCUT2D eigenvalue weighted by atomic mass is 10.00. The Morgan fingerprint density at radius 2 is 2.00 bits per heavy atom. The third-order valence-corrected chi connectivity index (χ3v) is 7.67. The number of hydrogen-bond acceptors (Lipinski definition) is 5. The Morgan fingerprint density at radius 1 is 1.13 bits per heavy atom. The number of hydrogen-bond donors (Lipinski definition) is 2. The molecule has 0 spiro atoms. The van der Waals surface area contributed by atoms with Gasteiger partial charge in [-0.25, -0.2) is 4.79 Å². The average Bonchev–Trinajstić information content (AvgIpc) is 3.07. The predicted molar refractivity (Wildman–Crippen MR) is 123 cm³/mol. The molecule has 0 aliphatic carbocycles. The van der Waals surface area contributed by atoms with Crippen LogP contribution in [0, 0.1) is 0 Å². The molecule has 0 bridgehead atoms. The minimum absolute atomic E-state index is 0.0214. The number of amides is 2. The molecule has 2 amide bonds. The van der Waals surface area contributed by atoms with Crippen LogP contribution in [0.4, 0.5) is 4.79 Å². The van der Waals surface area contributed by atoms with Gasteiger partial charge in [0.2, 0.25) is 0 Å². The van der Waals surface area contributed by atoms with Gasteiger partial charge in [-0.1, -0.05) is 24.3 Å². The lowest BCUT2D eigenvalue weighted by Gasteiger charge is -2.39. The van der Waals surface area contributed by atoms with Gasteiger partial charge in [-0.2, -0.15) is 11.8 Å². The lowest BCUT2D eigenvalue weighted by Crippen LogP contribution is -2.53. The Hall–Kier alpha value is -1.28. The van der Waals surface area contributed by atoms with E-state index in [-0.39, 0.29) is 6.03 Å². The van der Waals surface area contributed by atoms with Crippen LogP contribution in [0.25, 0.3) is 0 Å². The Labute approximate surface area is 185 Å². The zero-order valence-corrected chi connectivity index (χ0v) is 18.8. The summed E-state index contributed by atoms with van der Waals surface area (Å²) in [4.78, 5) is 19.5. The van der Waals surface area contributed by atoms with Crippen LogP contribution in [0.15, 0.2) is 24.3 Å². The quantitative estimate of drug-likeness (QED) is 0.746. The summed E-state index contributed by atoms with van der Waals surface area (Å²) in [7, 11) is 0. The minimum atomic E-state index is -0.539. The molecular formula is C23H36N4O2S. The van der Waals surface area contributed by atoms with Crippen molar-refractivity contribution in [3.63, 3.8) is 0 Å². The molecule has 0 aromatic heterocycles. The number of β-amino-alcohol motifs (C(OH)–C–C–N with tert-alkyl or cyclic N) is 1. The maximum absolute atomic E-state index is 12.7. The molecule has 3 heterocycles. The molecule has 1 aromatic rings. The van der Waals surface area contributed by atoms with Crippen LogP contribution < -0.4 is 5.32 Å². The second-order valence-electron chi connectivity index (χ2n) is 8.84. The predicted octanol–water partition coefficient (Wildman–Crippen LogP) is 2.02. The van der Waals surface area contributed by atoms with E-state index in [4.69, 9.17) is 0 Å². The first kappa shape index (κ1) is 21.9. The molecule has 2 saturated heterocycles. The molecule has 166 valence electrons. The number of benzene rings is 1. The Balaban J connectivity index is 1.20. The molecule has 0 saturated carbocycles. The first-order chi connectivity index (χ1) is 14.7. The number of carbonyl (C=O) groups is 1. The average molecular weight is 433 g/mol. The van der Waals surface area contributed by atoms with E-state index in [1.165, 1.54) is 35.5 Å². The first-order valence-electron chi connectivity index (χ1n) is 11.5. The lowest BCUT2D eigenvalue weighted by molar-refractivity contribution is 0.0955. The van der Waals surface area contributed by atoms with Crippen molar-refractivity contribution in [3.05, 3.63) is 35.4 Å². The van der Waals surface area contributed by atoms with Crippen molar-refractivity contribution in [1.29, 1.82) is 0 Å². The SMILES string of the molecule is O=C(NCC(O)CN1CCc2ccccc2C1)N1CCCC(N2CCCSCC2)C1. The van der Waals surface area contributed by atoms with E-state index in [9.17, 15) is 9.90 Å².